The molecule has 0 saturated heterocycles. The van der Waals surface area contributed by atoms with E-state index in [1.165, 1.54) is 11.8 Å². The summed E-state index contributed by atoms with van der Waals surface area (Å²) in [6, 6.07) is 10.2. The first-order chi connectivity index (χ1) is 14.5. The Morgan fingerprint density at radius 3 is 2.80 bits per heavy atom. The van der Waals surface area contributed by atoms with E-state index < -0.39 is 0 Å². The van der Waals surface area contributed by atoms with E-state index in [0.29, 0.717) is 50.4 Å². The molecule has 0 unspecified atom stereocenters. The van der Waals surface area contributed by atoms with Crippen LogP contribution in [0.25, 0.3) is 0 Å². The van der Waals surface area contributed by atoms with E-state index in [2.05, 4.69) is 10.2 Å². The van der Waals surface area contributed by atoms with Crippen LogP contribution in [0.3, 0.4) is 0 Å². The molecular weight excluding hydrogens is 449 g/mol. The van der Waals surface area contributed by atoms with Crippen LogP contribution in [0, 0.1) is 0 Å². The van der Waals surface area contributed by atoms with Gasteiger partial charge >= 0.3 is 0 Å². The molecule has 10 heteroatoms. The quantitative estimate of drug-likeness (QED) is 0.346. The predicted octanol–water partition coefficient (Wildman–Crippen LogP) is 4.89. The third kappa shape index (κ3) is 4.50. The van der Waals surface area contributed by atoms with Crippen LogP contribution in [0.2, 0.25) is 10.0 Å². The summed E-state index contributed by atoms with van der Waals surface area (Å²) in [6.07, 6.45) is 0. The van der Waals surface area contributed by atoms with Gasteiger partial charge < -0.3 is 18.8 Å². The van der Waals surface area contributed by atoms with Crippen molar-refractivity contribution in [1.29, 1.82) is 0 Å². The highest BCUT2D eigenvalue weighted by Crippen LogP contribution is 2.35. The summed E-state index contributed by atoms with van der Waals surface area (Å²) in [6.45, 7) is 3.07. The molecule has 0 spiro atoms. The first-order valence-corrected chi connectivity index (χ1v) is 10.8. The number of fused-ring (bicyclic) bond motifs is 1. The van der Waals surface area contributed by atoms with Crippen molar-refractivity contribution in [2.24, 2.45) is 0 Å². The number of carbonyl (C=O) groups excluding carboxylic acids is 1. The summed E-state index contributed by atoms with van der Waals surface area (Å²) in [5.74, 6) is 2.73. The topological polar surface area (TPSA) is 75.5 Å². The van der Waals surface area contributed by atoms with Crippen LogP contribution in [-0.2, 0) is 13.2 Å². The molecule has 0 N–H and O–H groups in total. The van der Waals surface area contributed by atoms with Crippen LogP contribution in [0.1, 0.15) is 23.1 Å². The number of rotatable bonds is 8. The third-order valence-corrected chi connectivity index (χ3v) is 5.90. The maximum absolute atomic E-state index is 12.5. The molecular formula is C20H17Cl2N3O4S. The summed E-state index contributed by atoms with van der Waals surface area (Å²) >= 11 is 13.3. The second-order valence-corrected chi connectivity index (χ2v) is 8.07. The molecule has 0 fully saturated rings. The highest BCUT2D eigenvalue weighted by molar-refractivity contribution is 7.99. The van der Waals surface area contributed by atoms with Crippen molar-refractivity contribution >= 4 is 40.7 Å². The smallest absolute Gasteiger partial charge is 0.231 e. The van der Waals surface area contributed by atoms with Crippen molar-refractivity contribution in [2.75, 3.05) is 12.5 Å². The van der Waals surface area contributed by atoms with Crippen LogP contribution in [0.15, 0.2) is 41.6 Å². The molecule has 0 saturated carbocycles. The Morgan fingerprint density at radius 1 is 1.17 bits per heavy atom. The number of ketones is 1. The van der Waals surface area contributed by atoms with Crippen LogP contribution < -0.4 is 14.2 Å². The van der Waals surface area contributed by atoms with Crippen molar-refractivity contribution in [1.82, 2.24) is 14.8 Å². The second-order valence-electron chi connectivity index (χ2n) is 6.28. The van der Waals surface area contributed by atoms with Gasteiger partial charge in [-0.3, -0.25) is 4.79 Å². The van der Waals surface area contributed by atoms with Crippen molar-refractivity contribution in [3.05, 3.63) is 57.8 Å². The molecule has 4 rings (SSSR count). The molecule has 1 aliphatic rings. The van der Waals surface area contributed by atoms with Crippen molar-refractivity contribution in [3.8, 4) is 17.2 Å². The van der Waals surface area contributed by atoms with Crippen LogP contribution in [-0.4, -0.2) is 33.1 Å². The monoisotopic (exact) mass is 465 g/mol. The lowest BCUT2D eigenvalue weighted by Gasteiger charge is -2.09. The fourth-order valence-electron chi connectivity index (χ4n) is 2.89. The number of nitrogens with zero attached hydrogens (tertiary/aromatic N) is 3. The van der Waals surface area contributed by atoms with E-state index in [-0.39, 0.29) is 24.9 Å². The van der Waals surface area contributed by atoms with Gasteiger partial charge in [-0.15, -0.1) is 10.2 Å². The minimum absolute atomic E-state index is 0.106. The standard InChI is InChI=1S/C20H17Cl2N3O4S/c1-2-25-19(9-27-13-4-6-17-18(8-13)29-11-28-17)23-24-20(25)30-10-16(26)14-5-3-12(21)7-15(14)22/h3-8H,2,9-11H2,1H3. The highest BCUT2D eigenvalue weighted by atomic mass is 35.5. The van der Waals surface area contributed by atoms with Gasteiger partial charge in [-0.25, -0.2) is 0 Å². The molecule has 7 nitrogen and oxygen atoms in total. The molecule has 1 aromatic heterocycles. The van der Waals surface area contributed by atoms with Gasteiger partial charge in [0.05, 0.1) is 10.8 Å². The molecule has 3 aromatic rings. The third-order valence-electron chi connectivity index (χ3n) is 4.39. The first-order valence-electron chi connectivity index (χ1n) is 9.10. The molecule has 0 aliphatic carbocycles. The largest absolute Gasteiger partial charge is 0.485 e. The Morgan fingerprint density at radius 2 is 2.00 bits per heavy atom. The Kier molecular flexibility index (Phi) is 6.36. The van der Waals surface area contributed by atoms with Gasteiger partial charge in [0.25, 0.3) is 0 Å². The fourth-order valence-corrected chi connectivity index (χ4v) is 4.31. The number of halogens is 2. The van der Waals surface area contributed by atoms with Gasteiger partial charge in [0.1, 0.15) is 12.4 Å². The van der Waals surface area contributed by atoms with Gasteiger partial charge in [0.2, 0.25) is 6.79 Å². The molecule has 30 heavy (non-hydrogen) atoms. The lowest BCUT2D eigenvalue weighted by Crippen LogP contribution is -2.08. The number of carbonyl (C=O) groups is 1. The average molecular weight is 466 g/mol. The number of hydrogen-bond acceptors (Lipinski definition) is 7. The number of thioether (sulfide) groups is 1. The van der Waals surface area contributed by atoms with Crippen LogP contribution in [0.5, 0.6) is 17.2 Å². The number of benzene rings is 2. The minimum Gasteiger partial charge on any atom is -0.485 e. The average Bonchev–Trinajstić information content (AvgIpc) is 3.36. The zero-order valence-electron chi connectivity index (χ0n) is 15.9. The number of ether oxygens (including phenoxy) is 3. The van der Waals surface area contributed by atoms with E-state index in [4.69, 9.17) is 37.4 Å². The summed E-state index contributed by atoms with van der Waals surface area (Å²) in [5.41, 5.74) is 0.433. The molecule has 1 aliphatic heterocycles. The molecule has 0 radical (unpaired) electrons. The Balaban J connectivity index is 1.40. The normalized spacial score (nSPS) is 12.2. The van der Waals surface area contributed by atoms with Gasteiger partial charge in [-0.05, 0) is 37.3 Å². The van der Waals surface area contributed by atoms with Gasteiger partial charge in [0.15, 0.2) is 28.3 Å². The van der Waals surface area contributed by atoms with E-state index in [1.807, 2.05) is 17.6 Å². The Hall–Kier alpha value is -2.42. The van der Waals surface area contributed by atoms with Crippen molar-refractivity contribution in [2.45, 2.75) is 25.2 Å². The zero-order valence-corrected chi connectivity index (χ0v) is 18.3. The molecule has 0 bridgehead atoms. The summed E-state index contributed by atoms with van der Waals surface area (Å²) < 4.78 is 18.4. The number of Topliss-reactive ketones (excluding diaryl/α,β-unsaturated/α-hetero) is 1. The lowest BCUT2D eigenvalue weighted by molar-refractivity contribution is 0.102. The molecule has 156 valence electrons. The van der Waals surface area contributed by atoms with Crippen LogP contribution in [0.4, 0.5) is 0 Å². The summed E-state index contributed by atoms with van der Waals surface area (Å²) in [5, 5.41) is 9.88. The maximum atomic E-state index is 12.5. The second kappa shape index (κ2) is 9.16. The Bertz CT molecular complexity index is 1090. The highest BCUT2D eigenvalue weighted by Gasteiger charge is 2.17. The van der Waals surface area contributed by atoms with E-state index in [1.54, 1.807) is 30.3 Å². The van der Waals surface area contributed by atoms with Crippen molar-refractivity contribution < 1.29 is 19.0 Å². The maximum Gasteiger partial charge on any atom is 0.231 e. The zero-order chi connectivity index (χ0) is 21.1. The summed E-state index contributed by atoms with van der Waals surface area (Å²) in [7, 11) is 0. The van der Waals surface area contributed by atoms with Gasteiger partial charge in [0, 0.05) is 23.2 Å². The van der Waals surface area contributed by atoms with Crippen molar-refractivity contribution in [3.63, 3.8) is 0 Å². The minimum atomic E-state index is -0.106. The predicted molar refractivity (Wildman–Crippen MR) is 114 cm³/mol. The Labute approximate surface area is 187 Å². The number of hydrogen-bond donors (Lipinski definition) is 0. The molecule has 0 amide bonds. The van der Waals surface area contributed by atoms with E-state index in [0.717, 1.165) is 0 Å². The van der Waals surface area contributed by atoms with E-state index in [9.17, 15) is 4.79 Å². The molecule has 0 atom stereocenters. The SMILES string of the molecule is CCn1c(COc2ccc3c(c2)OCO3)nnc1SCC(=O)c1ccc(Cl)cc1Cl. The molecule has 2 aromatic carbocycles. The van der Waals surface area contributed by atoms with Gasteiger partial charge in [-0.2, -0.15) is 0 Å². The van der Waals surface area contributed by atoms with E-state index >= 15 is 0 Å². The van der Waals surface area contributed by atoms with Gasteiger partial charge in [-0.1, -0.05) is 35.0 Å². The first kappa shape index (κ1) is 20.8. The number of aromatic nitrogens is 3. The molecule has 2 heterocycles. The fraction of sp³-hybridized carbons (Fsp3) is 0.250. The van der Waals surface area contributed by atoms with Crippen LogP contribution >= 0.6 is 35.0 Å². The summed E-state index contributed by atoms with van der Waals surface area (Å²) in [4.78, 5) is 12.5. The lowest BCUT2D eigenvalue weighted by atomic mass is 10.1.